The number of amides is 1. The molecular weight excluding hydrogens is 268 g/mol. The molecule has 108 valence electrons. The molecule has 0 atom stereocenters. The minimum absolute atomic E-state index is 0.00800. The van der Waals surface area contributed by atoms with E-state index in [0.717, 1.165) is 5.56 Å². The standard InChI is InChI=1S/C16H16N2O3/c1-11(14-10-13(19)7-8-15(14)20)17-18-16(21)9-12-5-3-2-4-6-12/h2-8,10,19-20H,9H2,1H3,(H,18,21)/b17-11-. The van der Waals surface area contributed by atoms with Gasteiger partial charge in [-0.25, -0.2) is 5.43 Å². The van der Waals surface area contributed by atoms with Crippen LogP contribution in [0.25, 0.3) is 0 Å². The predicted molar refractivity (Wildman–Crippen MR) is 80.3 cm³/mol. The lowest BCUT2D eigenvalue weighted by atomic mass is 10.1. The van der Waals surface area contributed by atoms with Gasteiger partial charge in [0, 0.05) is 5.56 Å². The van der Waals surface area contributed by atoms with Crippen molar-refractivity contribution >= 4 is 11.6 Å². The quantitative estimate of drug-likeness (QED) is 0.457. The molecule has 1 amide bonds. The van der Waals surface area contributed by atoms with Crippen molar-refractivity contribution < 1.29 is 15.0 Å². The monoisotopic (exact) mass is 284 g/mol. The number of hydrogen-bond donors (Lipinski definition) is 3. The van der Waals surface area contributed by atoms with Crippen LogP contribution in [-0.4, -0.2) is 21.8 Å². The van der Waals surface area contributed by atoms with Crippen molar-refractivity contribution in [1.82, 2.24) is 5.43 Å². The van der Waals surface area contributed by atoms with Crippen molar-refractivity contribution in [3.05, 3.63) is 59.7 Å². The lowest BCUT2D eigenvalue weighted by Gasteiger charge is -2.06. The number of aromatic hydroxyl groups is 2. The largest absolute Gasteiger partial charge is 0.508 e. The molecule has 0 saturated heterocycles. The van der Waals surface area contributed by atoms with Crippen molar-refractivity contribution in [2.45, 2.75) is 13.3 Å². The third kappa shape index (κ3) is 4.07. The smallest absolute Gasteiger partial charge is 0.244 e. The summed E-state index contributed by atoms with van der Waals surface area (Å²) in [5.41, 5.74) is 4.10. The Morgan fingerprint density at radius 2 is 1.86 bits per heavy atom. The number of hydrogen-bond acceptors (Lipinski definition) is 4. The summed E-state index contributed by atoms with van der Waals surface area (Å²) in [7, 11) is 0. The zero-order valence-electron chi connectivity index (χ0n) is 11.6. The third-order valence-electron chi connectivity index (χ3n) is 2.93. The van der Waals surface area contributed by atoms with Crippen molar-refractivity contribution in [3.63, 3.8) is 0 Å². The van der Waals surface area contributed by atoms with Crippen LogP contribution in [0.5, 0.6) is 11.5 Å². The first-order valence-electron chi connectivity index (χ1n) is 6.45. The Morgan fingerprint density at radius 3 is 2.57 bits per heavy atom. The summed E-state index contributed by atoms with van der Waals surface area (Å²) in [4.78, 5) is 11.8. The topological polar surface area (TPSA) is 81.9 Å². The number of phenols is 2. The van der Waals surface area contributed by atoms with Gasteiger partial charge in [0.2, 0.25) is 5.91 Å². The highest BCUT2D eigenvalue weighted by Gasteiger charge is 2.07. The molecule has 2 aromatic carbocycles. The normalized spacial score (nSPS) is 11.2. The number of phenolic OH excluding ortho intramolecular Hbond substituents is 2. The molecule has 0 aromatic heterocycles. The second-order valence-corrected chi connectivity index (χ2v) is 4.60. The van der Waals surface area contributed by atoms with Gasteiger partial charge in [-0.1, -0.05) is 30.3 Å². The van der Waals surface area contributed by atoms with Crippen LogP contribution in [0, 0.1) is 0 Å². The van der Waals surface area contributed by atoms with Gasteiger partial charge in [-0.3, -0.25) is 4.79 Å². The molecule has 0 radical (unpaired) electrons. The van der Waals surface area contributed by atoms with Crippen LogP contribution in [0.4, 0.5) is 0 Å². The molecule has 5 nitrogen and oxygen atoms in total. The van der Waals surface area contributed by atoms with Crippen LogP contribution in [0.3, 0.4) is 0 Å². The highest BCUT2D eigenvalue weighted by atomic mass is 16.3. The Balaban J connectivity index is 2.03. The van der Waals surface area contributed by atoms with Crippen molar-refractivity contribution in [1.29, 1.82) is 0 Å². The van der Waals surface area contributed by atoms with Crippen LogP contribution in [0.1, 0.15) is 18.1 Å². The number of carbonyl (C=O) groups is 1. The molecule has 21 heavy (non-hydrogen) atoms. The molecule has 0 spiro atoms. The van der Waals surface area contributed by atoms with Gasteiger partial charge in [0.1, 0.15) is 11.5 Å². The van der Waals surface area contributed by atoms with Crippen molar-refractivity contribution in [2.75, 3.05) is 0 Å². The molecule has 0 aliphatic heterocycles. The minimum atomic E-state index is -0.250. The molecule has 0 heterocycles. The molecule has 0 fully saturated rings. The molecule has 2 aromatic rings. The van der Waals surface area contributed by atoms with Gasteiger partial charge in [0.15, 0.2) is 0 Å². The Hall–Kier alpha value is -2.82. The first kappa shape index (κ1) is 14.6. The molecule has 0 saturated carbocycles. The molecule has 0 aliphatic carbocycles. The minimum Gasteiger partial charge on any atom is -0.508 e. The van der Waals surface area contributed by atoms with E-state index in [-0.39, 0.29) is 23.8 Å². The van der Waals surface area contributed by atoms with Crippen LogP contribution in [-0.2, 0) is 11.2 Å². The number of nitrogens with one attached hydrogen (secondary N) is 1. The summed E-state index contributed by atoms with van der Waals surface area (Å²) in [5.74, 6) is -0.237. The number of nitrogens with zero attached hydrogens (tertiary/aromatic N) is 1. The van der Waals surface area contributed by atoms with E-state index >= 15 is 0 Å². The van der Waals surface area contributed by atoms with E-state index in [9.17, 15) is 15.0 Å². The van der Waals surface area contributed by atoms with E-state index in [1.165, 1.54) is 18.2 Å². The molecule has 0 unspecified atom stereocenters. The lowest BCUT2D eigenvalue weighted by Crippen LogP contribution is -2.21. The van der Waals surface area contributed by atoms with Gasteiger partial charge in [0.25, 0.3) is 0 Å². The average Bonchev–Trinajstić information content (AvgIpc) is 2.48. The zero-order chi connectivity index (χ0) is 15.2. The van der Waals surface area contributed by atoms with Crippen LogP contribution in [0.15, 0.2) is 53.6 Å². The van der Waals surface area contributed by atoms with Crippen LogP contribution < -0.4 is 5.43 Å². The highest BCUT2D eigenvalue weighted by Crippen LogP contribution is 2.22. The second-order valence-electron chi connectivity index (χ2n) is 4.60. The highest BCUT2D eigenvalue weighted by molar-refractivity contribution is 6.01. The van der Waals surface area contributed by atoms with Gasteiger partial charge in [-0.2, -0.15) is 5.10 Å². The SMILES string of the molecule is C/C(=N/NC(=O)Cc1ccccc1)c1cc(O)ccc1O. The van der Waals surface area contributed by atoms with Crippen molar-refractivity contribution in [2.24, 2.45) is 5.10 Å². The summed E-state index contributed by atoms with van der Waals surface area (Å²) in [6.45, 7) is 1.64. The Kier molecular flexibility index (Phi) is 4.56. The predicted octanol–water partition coefficient (Wildman–Crippen LogP) is 2.18. The molecule has 0 bridgehead atoms. The Bertz CT molecular complexity index is 666. The first-order valence-corrected chi connectivity index (χ1v) is 6.45. The van der Waals surface area contributed by atoms with E-state index in [0.29, 0.717) is 11.3 Å². The summed E-state index contributed by atoms with van der Waals surface area (Å²) >= 11 is 0. The Morgan fingerprint density at radius 1 is 1.14 bits per heavy atom. The Labute approximate surface area is 122 Å². The van der Waals surface area contributed by atoms with Gasteiger partial charge in [-0.15, -0.1) is 0 Å². The number of carbonyl (C=O) groups excluding carboxylic acids is 1. The van der Waals surface area contributed by atoms with Crippen LogP contribution >= 0.6 is 0 Å². The van der Waals surface area contributed by atoms with Crippen LogP contribution in [0.2, 0.25) is 0 Å². The van der Waals surface area contributed by atoms with E-state index in [2.05, 4.69) is 10.5 Å². The fourth-order valence-electron chi connectivity index (χ4n) is 1.84. The number of benzene rings is 2. The molecule has 2 rings (SSSR count). The molecular formula is C16H16N2O3. The first-order chi connectivity index (χ1) is 10.1. The maximum atomic E-state index is 11.8. The third-order valence-corrected chi connectivity index (χ3v) is 2.93. The zero-order valence-corrected chi connectivity index (χ0v) is 11.6. The molecule has 0 aliphatic rings. The summed E-state index contributed by atoms with van der Waals surface area (Å²) in [5, 5.41) is 23.0. The van der Waals surface area contributed by atoms with Gasteiger partial charge < -0.3 is 10.2 Å². The summed E-state index contributed by atoms with van der Waals surface area (Å²) in [6.07, 6.45) is 0.226. The van der Waals surface area contributed by atoms with E-state index in [1.807, 2.05) is 30.3 Å². The number of rotatable bonds is 4. The van der Waals surface area contributed by atoms with E-state index < -0.39 is 0 Å². The second kappa shape index (κ2) is 6.56. The summed E-state index contributed by atoms with van der Waals surface area (Å²) in [6, 6.07) is 13.5. The van der Waals surface area contributed by atoms with Gasteiger partial charge >= 0.3 is 0 Å². The van der Waals surface area contributed by atoms with E-state index in [1.54, 1.807) is 6.92 Å². The van der Waals surface area contributed by atoms with Gasteiger partial charge in [-0.05, 0) is 30.7 Å². The maximum absolute atomic E-state index is 11.8. The molecule has 5 heteroatoms. The van der Waals surface area contributed by atoms with E-state index in [4.69, 9.17) is 0 Å². The fraction of sp³-hybridized carbons (Fsp3) is 0.125. The lowest BCUT2D eigenvalue weighted by molar-refractivity contribution is -0.120. The maximum Gasteiger partial charge on any atom is 0.244 e. The fourth-order valence-corrected chi connectivity index (χ4v) is 1.84. The average molecular weight is 284 g/mol. The summed E-state index contributed by atoms with van der Waals surface area (Å²) < 4.78 is 0. The molecule has 3 N–H and O–H groups in total. The van der Waals surface area contributed by atoms with Crippen molar-refractivity contribution in [3.8, 4) is 11.5 Å². The number of hydrazone groups is 1. The van der Waals surface area contributed by atoms with Gasteiger partial charge in [0.05, 0.1) is 12.1 Å².